The van der Waals surface area contributed by atoms with Gasteiger partial charge in [0.2, 0.25) is 11.6 Å². The van der Waals surface area contributed by atoms with E-state index in [4.69, 9.17) is 9.47 Å². The van der Waals surface area contributed by atoms with Crippen LogP contribution in [-0.2, 0) is 0 Å². The number of methoxy groups -OCH3 is 2. The van der Waals surface area contributed by atoms with Crippen molar-refractivity contribution in [1.82, 2.24) is 4.98 Å². The monoisotopic (exact) mass is 411 g/mol. The fourth-order valence-corrected chi connectivity index (χ4v) is 2.58. The van der Waals surface area contributed by atoms with Gasteiger partial charge in [0.05, 0.1) is 24.1 Å². The fourth-order valence-electron chi connectivity index (χ4n) is 2.58. The van der Waals surface area contributed by atoms with Gasteiger partial charge in [-0.05, 0) is 48.5 Å². The largest absolute Gasteiger partial charge is 0.497 e. The summed E-state index contributed by atoms with van der Waals surface area (Å²) in [6.07, 6.45) is 0. The highest BCUT2D eigenvalue weighted by atomic mass is 16.6. The lowest BCUT2D eigenvalue weighted by molar-refractivity contribution is -0.393. The minimum atomic E-state index is -0.733. The van der Waals surface area contributed by atoms with Crippen molar-refractivity contribution in [2.24, 2.45) is 0 Å². The predicted molar refractivity (Wildman–Crippen MR) is 110 cm³/mol. The molecule has 0 spiro atoms. The molecule has 0 unspecified atom stereocenters. The van der Waals surface area contributed by atoms with Crippen LogP contribution in [0.25, 0.3) is 0 Å². The Labute approximate surface area is 170 Å². The Kier molecular flexibility index (Phi) is 5.92. The van der Waals surface area contributed by atoms with E-state index < -0.39 is 21.2 Å². The summed E-state index contributed by atoms with van der Waals surface area (Å²) < 4.78 is 10.2. The highest BCUT2D eigenvalue weighted by Gasteiger charge is 2.26. The molecule has 2 aromatic carbocycles. The summed E-state index contributed by atoms with van der Waals surface area (Å²) in [7, 11) is 3.03. The van der Waals surface area contributed by atoms with E-state index in [0.29, 0.717) is 22.9 Å². The van der Waals surface area contributed by atoms with E-state index in [-0.39, 0.29) is 11.6 Å². The number of nitro groups is 2. The van der Waals surface area contributed by atoms with Gasteiger partial charge in [-0.2, -0.15) is 4.98 Å². The summed E-state index contributed by atoms with van der Waals surface area (Å²) >= 11 is 0. The third-order valence-electron chi connectivity index (χ3n) is 4.08. The Balaban J connectivity index is 2.02. The van der Waals surface area contributed by atoms with Crippen LogP contribution in [0.3, 0.4) is 0 Å². The number of hydrogen-bond acceptors (Lipinski definition) is 9. The second-order valence-electron chi connectivity index (χ2n) is 5.95. The Hall–Kier alpha value is -4.41. The van der Waals surface area contributed by atoms with Gasteiger partial charge in [-0.1, -0.05) is 0 Å². The van der Waals surface area contributed by atoms with Gasteiger partial charge >= 0.3 is 11.4 Å². The molecule has 11 heteroatoms. The Bertz CT molecular complexity index is 987. The Morgan fingerprint density at radius 3 is 1.40 bits per heavy atom. The quantitative estimate of drug-likeness (QED) is 0.407. The number of pyridine rings is 1. The molecule has 0 saturated heterocycles. The highest BCUT2D eigenvalue weighted by molar-refractivity contribution is 5.76. The number of hydrogen-bond donors (Lipinski definition) is 2. The zero-order valence-electron chi connectivity index (χ0n) is 16.0. The average Bonchev–Trinajstić information content (AvgIpc) is 2.74. The van der Waals surface area contributed by atoms with Gasteiger partial charge in [0.1, 0.15) is 17.6 Å². The van der Waals surface area contributed by atoms with E-state index in [1.54, 1.807) is 48.5 Å². The zero-order chi connectivity index (χ0) is 21.7. The van der Waals surface area contributed by atoms with E-state index in [1.165, 1.54) is 14.2 Å². The first-order valence-corrected chi connectivity index (χ1v) is 8.57. The minimum absolute atomic E-state index is 0.147. The molecule has 0 fully saturated rings. The van der Waals surface area contributed by atoms with Crippen molar-refractivity contribution < 1.29 is 19.3 Å². The summed E-state index contributed by atoms with van der Waals surface area (Å²) in [5.74, 6) is 0.917. The standard InChI is InChI=1S/C19H17N5O6/c1-29-14-7-3-12(4-8-14)20-18-16(23(25)26)11-17(24(27)28)19(22-18)21-13-5-9-15(30-2)10-6-13/h3-11H,1-2H3,(H2,20,21,22). The molecule has 3 rings (SSSR count). The van der Waals surface area contributed by atoms with E-state index in [2.05, 4.69) is 15.6 Å². The molecule has 1 heterocycles. The zero-order valence-corrected chi connectivity index (χ0v) is 16.0. The number of ether oxygens (including phenoxy) is 2. The van der Waals surface area contributed by atoms with Gasteiger partial charge < -0.3 is 20.1 Å². The topological polar surface area (TPSA) is 142 Å². The molecule has 30 heavy (non-hydrogen) atoms. The van der Waals surface area contributed by atoms with Gasteiger partial charge in [0, 0.05) is 11.4 Å². The van der Waals surface area contributed by atoms with E-state index in [9.17, 15) is 20.2 Å². The third-order valence-corrected chi connectivity index (χ3v) is 4.08. The lowest BCUT2D eigenvalue weighted by Crippen LogP contribution is -2.06. The van der Waals surface area contributed by atoms with E-state index >= 15 is 0 Å². The molecule has 0 saturated carbocycles. The van der Waals surface area contributed by atoms with Crippen molar-refractivity contribution in [3.8, 4) is 11.5 Å². The molecule has 0 aliphatic carbocycles. The molecule has 0 bridgehead atoms. The predicted octanol–water partition coefficient (Wildman–Crippen LogP) is 4.40. The van der Waals surface area contributed by atoms with Crippen molar-refractivity contribution in [3.05, 3.63) is 74.8 Å². The second kappa shape index (κ2) is 8.73. The van der Waals surface area contributed by atoms with Crippen LogP contribution in [0, 0.1) is 20.2 Å². The van der Waals surface area contributed by atoms with E-state index in [1.807, 2.05) is 0 Å². The van der Waals surface area contributed by atoms with E-state index in [0.717, 1.165) is 6.07 Å². The molecular formula is C19H17N5O6. The maximum Gasteiger partial charge on any atom is 0.318 e. The third kappa shape index (κ3) is 4.52. The number of anilines is 4. The first kappa shape index (κ1) is 20.3. The van der Waals surface area contributed by atoms with Crippen LogP contribution in [0.15, 0.2) is 54.6 Å². The molecule has 0 atom stereocenters. The van der Waals surface area contributed by atoms with Crippen LogP contribution < -0.4 is 20.1 Å². The van der Waals surface area contributed by atoms with Crippen molar-refractivity contribution in [3.63, 3.8) is 0 Å². The molecular weight excluding hydrogens is 394 g/mol. The first-order valence-electron chi connectivity index (χ1n) is 8.57. The molecule has 1 aromatic heterocycles. The summed E-state index contributed by atoms with van der Waals surface area (Å²) in [6, 6.07) is 14.1. The fraction of sp³-hybridized carbons (Fsp3) is 0.105. The van der Waals surface area contributed by atoms with Gasteiger partial charge in [-0.25, -0.2) is 0 Å². The lowest BCUT2D eigenvalue weighted by atomic mass is 10.2. The van der Waals surface area contributed by atoms with Crippen LogP contribution in [-0.4, -0.2) is 29.1 Å². The van der Waals surface area contributed by atoms with Crippen LogP contribution >= 0.6 is 0 Å². The number of rotatable bonds is 8. The summed E-state index contributed by atoms with van der Waals surface area (Å²) in [5.41, 5.74) is -0.0677. The first-order chi connectivity index (χ1) is 14.4. The highest BCUT2D eigenvalue weighted by Crippen LogP contribution is 2.36. The maximum atomic E-state index is 11.5. The van der Waals surface area contributed by atoms with Crippen molar-refractivity contribution in [2.75, 3.05) is 24.9 Å². The molecule has 3 aromatic rings. The Morgan fingerprint density at radius 2 is 1.10 bits per heavy atom. The summed E-state index contributed by atoms with van der Waals surface area (Å²) in [4.78, 5) is 25.6. The maximum absolute atomic E-state index is 11.5. The van der Waals surface area contributed by atoms with Crippen molar-refractivity contribution in [2.45, 2.75) is 0 Å². The van der Waals surface area contributed by atoms with Gasteiger partial charge in [-0.3, -0.25) is 20.2 Å². The normalized spacial score (nSPS) is 10.2. The van der Waals surface area contributed by atoms with Crippen molar-refractivity contribution in [1.29, 1.82) is 0 Å². The molecule has 0 amide bonds. The molecule has 2 N–H and O–H groups in total. The smallest absolute Gasteiger partial charge is 0.318 e. The van der Waals surface area contributed by atoms with Gasteiger partial charge in [-0.15, -0.1) is 0 Å². The number of aromatic nitrogens is 1. The summed E-state index contributed by atoms with van der Waals surface area (Å²) in [6.45, 7) is 0. The van der Waals surface area contributed by atoms with Crippen LogP contribution in [0.4, 0.5) is 34.4 Å². The van der Waals surface area contributed by atoms with Gasteiger partial charge in [0.25, 0.3) is 0 Å². The average molecular weight is 411 g/mol. The number of benzene rings is 2. The molecule has 11 nitrogen and oxygen atoms in total. The number of nitrogens with zero attached hydrogens (tertiary/aromatic N) is 3. The lowest BCUT2D eigenvalue weighted by Gasteiger charge is -2.11. The van der Waals surface area contributed by atoms with Crippen molar-refractivity contribution >= 4 is 34.4 Å². The van der Waals surface area contributed by atoms with Crippen LogP contribution in [0.2, 0.25) is 0 Å². The second-order valence-corrected chi connectivity index (χ2v) is 5.95. The Morgan fingerprint density at radius 1 is 0.733 bits per heavy atom. The van der Waals surface area contributed by atoms with Crippen LogP contribution in [0.5, 0.6) is 11.5 Å². The van der Waals surface area contributed by atoms with Gasteiger partial charge in [0.15, 0.2) is 0 Å². The molecule has 0 radical (unpaired) electrons. The summed E-state index contributed by atoms with van der Waals surface area (Å²) in [5, 5.41) is 28.6. The molecule has 0 aliphatic rings. The minimum Gasteiger partial charge on any atom is -0.497 e. The molecule has 154 valence electrons. The SMILES string of the molecule is COc1ccc(Nc2nc(Nc3ccc(OC)cc3)c([N+](=O)[O-])cc2[N+](=O)[O-])cc1. The molecule has 0 aliphatic heterocycles. The number of nitrogens with one attached hydrogen (secondary N) is 2. The van der Waals surface area contributed by atoms with Crippen LogP contribution in [0.1, 0.15) is 0 Å².